The normalized spacial score (nSPS) is 39.4. The fourth-order valence-electron chi connectivity index (χ4n) is 2.58. The third kappa shape index (κ3) is 2.36. The first-order valence-electron chi connectivity index (χ1n) is 6.56. The second-order valence-electron chi connectivity index (χ2n) is 7.20. The average molecular weight is 242 g/mol. The molecule has 1 N–H and O–H groups in total. The summed E-state index contributed by atoms with van der Waals surface area (Å²) in [5, 5.41) is 10.2. The molecule has 3 heteroatoms. The number of hydrogen-bond donors (Lipinski definition) is 1. The van der Waals surface area contributed by atoms with Crippen LogP contribution in [0.4, 0.5) is 0 Å². The van der Waals surface area contributed by atoms with Crippen molar-refractivity contribution >= 4 is 8.32 Å². The lowest BCUT2D eigenvalue weighted by atomic mass is 9.95. The minimum Gasteiger partial charge on any atom is -0.414 e. The van der Waals surface area contributed by atoms with Crippen LogP contribution in [-0.2, 0) is 4.43 Å². The quantitative estimate of drug-likeness (QED) is 0.754. The average Bonchev–Trinajstić information content (AvgIpc) is 2.80. The van der Waals surface area contributed by atoms with Gasteiger partial charge in [-0.05, 0) is 49.2 Å². The van der Waals surface area contributed by atoms with Crippen LogP contribution in [0.3, 0.4) is 0 Å². The van der Waals surface area contributed by atoms with Crippen molar-refractivity contribution in [3.63, 3.8) is 0 Å². The van der Waals surface area contributed by atoms with E-state index < -0.39 is 8.32 Å². The van der Waals surface area contributed by atoms with Crippen LogP contribution in [0.1, 0.15) is 40.0 Å². The number of aliphatic hydroxyl groups excluding tert-OH is 1. The Morgan fingerprint density at radius 3 is 2.25 bits per heavy atom. The summed E-state index contributed by atoms with van der Waals surface area (Å²) in [6.07, 6.45) is 3.52. The summed E-state index contributed by atoms with van der Waals surface area (Å²) in [7, 11) is -1.64. The van der Waals surface area contributed by atoms with Crippen molar-refractivity contribution in [2.75, 3.05) is 0 Å². The van der Waals surface area contributed by atoms with E-state index in [0.29, 0.717) is 12.0 Å². The van der Waals surface area contributed by atoms with Crippen molar-refractivity contribution in [3.05, 3.63) is 0 Å². The summed E-state index contributed by atoms with van der Waals surface area (Å²) in [6, 6.07) is 0. The Labute approximate surface area is 101 Å². The van der Waals surface area contributed by atoms with Crippen molar-refractivity contribution < 1.29 is 9.53 Å². The summed E-state index contributed by atoms with van der Waals surface area (Å²) in [6.45, 7) is 11.4. The van der Waals surface area contributed by atoms with Gasteiger partial charge >= 0.3 is 0 Å². The zero-order valence-corrected chi connectivity index (χ0v) is 12.3. The lowest BCUT2D eigenvalue weighted by Gasteiger charge is -2.40. The molecular formula is C13H26O2Si. The molecule has 2 aliphatic rings. The molecule has 2 fully saturated rings. The maximum absolute atomic E-state index is 9.92. The first-order chi connectivity index (χ1) is 7.21. The van der Waals surface area contributed by atoms with Crippen molar-refractivity contribution in [2.45, 2.75) is 70.4 Å². The van der Waals surface area contributed by atoms with E-state index in [1.165, 1.54) is 12.8 Å². The smallest absolute Gasteiger partial charge is 0.192 e. The van der Waals surface area contributed by atoms with Crippen molar-refractivity contribution in [1.29, 1.82) is 0 Å². The Bertz CT molecular complexity index is 270. The fraction of sp³-hybridized carbons (Fsp3) is 1.00. The van der Waals surface area contributed by atoms with E-state index in [1.807, 2.05) is 0 Å². The van der Waals surface area contributed by atoms with Gasteiger partial charge in [-0.25, -0.2) is 0 Å². The minimum absolute atomic E-state index is 0.0893. The maximum atomic E-state index is 9.92. The van der Waals surface area contributed by atoms with Crippen LogP contribution in [0, 0.1) is 11.8 Å². The summed E-state index contributed by atoms with van der Waals surface area (Å²) in [4.78, 5) is 0. The van der Waals surface area contributed by atoms with E-state index in [1.54, 1.807) is 0 Å². The van der Waals surface area contributed by atoms with E-state index in [2.05, 4.69) is 33.9 Å². The summed E-state index contributed by atoms with van der Waals surface area (Å²) >= 11 is 0. The number of rotatable bonds is 2. The maximum Gasteiger partial charge on any atom is 0.192 e. The highest BCUT2D eigenvalue weighted by atomic mass is 28.4. The number of hydrogen-bond acceptors (Lipinski definition) is 2. The van der Waals surface area contributed by atoms with Crippen LogP contribution >= 0.6 is 0 Å². The highest BCUT2D eigenvalue weighted by Crippen LogP contribution is 2.51. The topological polar surface area (TPSA) is 29.5 Å². The van der Waals surface area contributed by atoms with Crippen LogP contribution in [0.25, 0.3) is 0 Å². The lowest BCUT2D eigenvalue weighted by molar-refractivity contribution is 0.0387. The summed E-state index contributed by atoms with van der Waals surface area (Å²) in [5.74, 6) is 1.37. The third-order valence-corrected chi connectivity index (χ3v) is 9.34. The SMILES string of the molecule is CC(C)(C)[Si](C)(C)OC1CC(O)C2CC2C1. The van der Waals surface area contributed by atoms with Gasteiger partial charge in [-0.3, -0.25) is 0 Å². The van der Waals surface area contributed by atoms with Gasteiger partial charge in [-0.1, -0.05) is 20.8 Å². The Morgan fingerprint density at radius 1 is 1.12 bits per heavy atom. The molecule has 0 aliphatic heterocycles. The van der Waals surface area contributed by atoms with Crippen LogP contribution in [0.2, 0.25) is 18.1 Å². The second kappa shape index (κ2) is 3.82. The Morgan fingerprint density at radius 2 is 1.75 bits per heavy atom. The molecule has 0 saturated heterocycles. The Hall–Kier alpha value is 0.137. The molecule has 2 rings (SSSR count). The van der Waals surface area contributed by atoms with Crippen molar-refractivity contribution in [2.24, 2.45) is 11.8 Å². The van der Waals surface area contributed by atoms with Gasteiger partial charge in [0.15, 0.2) is 8.32 Å². The van der Waals surface area contributed by atoms with E-state index in [9.17, 15) is 5.11 Å². The van der Waals surface area contributed by atoms with Gasteiger partial charge in [-0.2, -0.15) is 0 Å². The molecule has 0 spiro atoms. The number of aliphatic hydroxyl groups is 1. The monoisotopic (exact) mass is 242 g/mol. The van der Waals surface area contributed by atoms with Gasteiger partial charge in [0.1, 0.15) is 0 Å². The molecule has 0 radical (unpaired) electrons. The predicted molar refractivity (Wildman–Crippen MR) is 68.9 cm³/mol. The van der Waals surface area contributed by atoms with Gasteiger partial charge in [0.05, 0.1) is 6.10 Å². The fourth-order valence-corrected chi connectivity index (χ4v) is 3.96. The Kier molecular flexibility index (Phi) is 3.01. The molecule has 0 aromatic rings. The standard InChI is InChI=1S/C13H26O2Si/c1-13(2,3)16(4,5)15-10-6-9-7-11(9)12(14)8-10/h9-12,14H,6-8H2,1-5H3. The summed E-state index contributed by atoms with van der Waals surface area (Å²) in [5.41, 5.74) is 0. The van der Waals surface area contributed by atoms with Gasteiger partial charge < -0.3 is 9.53 Å². The van der Waals surface area contributed by atoms with Gasteiger partial charge in [0, 0.05) is 6.10 Å². The molecule has 0 aromatic carbocycles. The Balaban J connectivity index is 1.94. The molecule has 0 aromatic heterocycles. The molecule has 4 atom stereocenters. The third-order valence-electron chi connectivity index (χ3n) is 4.81. The van der Waals surface area contributed by atoms with Gasteiger partial charge in [0.25, 0.3) is 0 Å². The molecule has 16 heavy (non-hydrogen) atoms. The molecule has 0 bridgehead atoms. The van der Waals surface area contributed by atoms with Crippen molar-refractivity contribution in [1.82, 2.24) is 0 Å². The van der Waals surface area contributed by atoms with Crippen LogP contribution in [0.5, 0.6) is 0 Å². The van der Waals surface area contributed by atoms with E-state index >= 15 is 0 Å². The van der Waals surface area contributed by atoms with Crippen molar-refractivity contribution in [3.8, 4) is 0 Å². The van der Waals surface area contributed by atoms with Crippen LogP contribution < -0.4 is 0 Å². The number of fused-ring (bicyclic) bond motifs is 1. The van der Waals surface area contributed by atoms with Gasteiger partial charge in [0.2, 0.25) is 0 Å². The molecule has 2 aliphatic carbocycles. The first-order valence-corrected chi connectivity index (χ1v) is 9.47. The van der Waals surface area contributed by atoms with Gasteiger partial charge in [-0.15, -0.1) is 0 Å². The van der Waals surface area contributed by atoms with E-state index in [4.69, 9.17) is 4.43 Å². The van der Waals surface area contributed by atoms with E-state index in [0.717, 1.165) is 12.3 Å². The predicted octanol–water partition coefficient (Wildman–Crippen LogP) is 3.17. The lowest BCUT2D eigenvalue weighted by Crippen LogP contribution is -2.45. The largest absolute Gasteiger partial charge is 0.414 e. The van der Waals surface area contributed by atoms with Crippen LogP contribution in [0.15, 0.2) is 0 Å². The highest BCUT2D eigenvalue weighted by Gasteiger charge is 2.50. The molecule has 2 saturated carbocycles. The zero-order valence-electron chi connectivity index (χ0n) is 11.3. The molecule has 2 nitrogen and oxygen atoms in total. The molecule has 94 valence electrons. The second-order valence-corrected chi connectivity index (χ2v) is 12.0. The highest BCUT2D eigenvalue weighted by molar-refractivity contribution is 6.74. The van der Waals surface area contributed by atoms with E-state index in [-0.39, 0.29) is 11.1 Å². The molecule has 0 heterocycles. The molecule has 0 amide bonds. The zero-order chi connectivity index (χ0) is 12.1. The molecule has 4 unspecified atom stereocenters. The molecular weight excluding hydrogens is 216 g/mol. The first kappa shape index (κ1) is 12.6. The summed E-state index contributed by atoms with van der Waals surface area (Å²) < 4.78 is 6.39. The minimum atomic E-state index is -1.64. The van der Waals surface area contributed by atoms with Crippen LogP contribution in [-0.4, -0.2) is 25.6 Å².